The number of amides is 1. The molecule has 8 heteroatoms. The van der Waals surface area contributed by atoms with Gasteiger partial charge in [0, 0.05) is 0 Å². The van der Waals surface area contributed by atoms with Gasteiger partial charge in [0.05, 0.1) is 12.2 Å². The van der Waals surface area contributed by atoms with Gasteiger partial charge in [-0.3, -0.25) is 0 Å². The van der Waals surface area contributed by atoms with Gasteiger partial charge in [-0.2, -0.15) is 18.4 Å². The van der Waals surface area contributed by atoms with E-state index in [4.69, 9.17) is 5.26 Å². The molecule has 1 amide bonds. The largest absolute Gasteiger partial charge is 0.446 e. The molecule has 0 heterocycles. The summed E-state index contributed by atoms with van der Waals surface area (Å²) in [5.74, 6) is 0. The number of nitrogens with zero attached hydrogens (tertiary/aromatic N) is 1. The highest BCUT2D eigenvalue weighted by Crippen LogP contribution is 2.11. The molecule has 0 radical (unpaired) electrons. The summed E-state index contributed by atoms with van der Waals surface area (Å²) < 4.78 is 31.8. The maximum Gasteiger partial charge on any atom is 0.422 e. The first kappa shape index (κ1) is 15.9. The van der Waals surface area contributed by atoms with Crippen molar-refractivity contribution in [3.63, 3.8) is 0 Å². The Morgan fingerprint density at radius 3 is 2.40 bits per heavy atom. The molecule has 0 aliphatic rings. The van der Waals surface area contributed by atoms with Crippen molar-refractivity contribution in [2.75, 3.05) is 0 Å². The molecule has 1 aromatic rings. The summed E-state index contributed by atoms with van der Waals surface area (Å²) >= 11 is 0. The van der Waals surface area contributed by atoms with Gasteiger partial charge in [0.15, 0.2) is 0 Å². The number of hydrogen-bond donors (Lipinski definition) is 2. The average Bonchev–Trinajstić information content (AvgIpc) is 2.35. The summed E-state index contributed by atoms with van der Waals surface area (Å²) in [4.78, 5) is 11.2. The van der Waals surface area contributed by atoms with Gasteiger partial charge in [-0.1, -0.05) is 30.3 Å². The minimum atomic E-state index is -4.18. The Kier molecular flexibility index (Phi) is 5.49. The Bertz CT molecular complexity index is 593. The lowest BCUT2D eigenvalue weighted by molar-refractivity contribution is 0.121. The highest BCUT2D eigenvalue weighted by molar-refractivity contribution is 7.88. The summed E-state index contributed by atoms with van der Waals surface area (Å²) in [5.41, 5.74) is 0.470. The van der Waals surface area contributed by atoms with Crippen LogP contribution in [0.3, 0.4) is 0 Å². The SMILES string of the molecule is CC(C)OC(=O)NS(=O)(=O)NC(C#N)c1ccccc1. The molecule has 0 aliphatic heterocycles. The van der Waals surface area contributed by atoms with Crippen LogP contribution in [0.25, 0.3) is 0 Å². The number of rotatable bonds is 5. The van der Waals surface area contributed by atoms with Gasteiger partial charge in [0.2, 0.25) is 0 Å². The fourth-order valence-electron chi connectivity index (χ4n) is 1.35. The lowest BCUT2D eigenvalue weighted by atomic mass is 10.1. The van der Waals surface area contributed by atoms with Crippen molar-refractivity contribution in [2.24, 2.45) is 0 Å². The zero-order chi connectivity index (χ0) is 15.2. The third-order valence-electron chi connectivity index (χ3n) is 2.10. The van der Waals surface area contributed by atoms with Gasteiger partial charge in [-0.25, -0.2) is 9.52 Å². The second kappa shape index (κ2) is 6.88. The highest BCUT2D eigenvalue weighted by atomic mass is 32.2. The molecule has 0 saturated heterocycles. The van der Waals surface area contributed by atoms with Gasteiger partial charge in [0.25, 0.3) is 0 Å². The number of carbonyl (C=O) groups is 1. The fourth-order valence-corrected chi connectivity index (χ4v) is 2.17. The zero-order valence-corrected chi connectivity index (χ0v) is 11.8. The predicted octanol–water partition coefficient (Wildman–Crippen LogP) is 1.22. The molecule has 20 heavy (non-hydrogen) atoms. The second-order valence-electron chi connectivity index (χ2n) is 4.15. The first-order valence-electron chi connectivity index (χ1n) is 5.79. The summed E-state index contributed by atoms with van der Waals surface area (Å²) in [6, 6.07) is 9.00. The molecule has 0 spiro atoms. The van der Waals surface area contributed by atoms with Crippen LogP contribution in [0.5, 0.6) is 0 Å². The van der Waals surface area contributed by atoms with E-state index in [0.29, 0.717) is 5.56 Å². The molecule has 108 valence electrons. The predicted molar refractivity (Wildman–Crippen MR) is 71.6 cm³/mol. The van der Waals surface area contributed by atoms with Crippen LogP contribution in [0.15, 0.2) is 30.3 Å². The molecule has 1 unspecified atom stereocenters. The van der Waals surface area contributed by atoms with E-state index >= 15 is 0 Å². The molecule has 1 rings (SSSR count). The Morgan fingerprint density at radius 2 is 1.90 bits per heavy atom. The van der Waals surface area contributed by atoms with Gasteiger partial charge in [0.1, 0.15) is 6.04 Å². The number of nitriles is 1. The Morgan fingerprint density at radius 1 is 1.30 bits per heavy atom. The number of nitrogens with one attached hydrogen (secondary N) is 2. The minimum Gasteiger partial charge on any atom is -0.446 e. The van der Waals surface area contributed by atoms with E-state index in [0.717, 1.165) is 0 Å². The van der Waals surface area contributed by atoms with Crippen LogP contribution >= 0.6 is 0 Å². The Balaban J connectivity index is 2.75. The molecule has 1 atom stereocenters. The van der Waals surface area contributed by atoms with Crippen molar-refractivity contribution >= 4 is 16.3 Å². The van der Waals surface area contributed by atoms with Gasteiger partial charge >= 0.3 is 16.3 Å². The van der Waals surface area contributed by atoms with Crippen LogP contribution in [0.1, 0.15) is 25.5 Å². The van der Waals surface area contributed by atoms with Gasteiger partial charge < -0.3 is 4.74 Å². The number of benzene rings is 1. The summed E-state index contributed by atoms with van der Waals surface area (Å²) in [6.45, 7) is 3.17. The molecular formula is C12H15N3O4S. The molecule has 0 saturated carbocycles. The molecule has 0 aromatic heterocycles. The van der Waals surface area contributed by atoms with Crippen LogP contribution in [0.4, 0.5) is 4.79 Å². The third kappa shape index (κ3) is 5.26. The number of ether oxygens (including phenoxy) is 1. The van der Waals surface area contributed by atoms with Crippen LogP contribution in [-0.2, 0) is 14.9 Å². The van der Waals surface area contributed by atoms with Crippen molar-refractivity contribution in [1.29, 1.82) is 5.26 Å². The third-order valence-corrected chi connectivity index (χ3v) is 3.08. The molecular weight excluding hydrogens is 282 g/mol. The van der Waals surface area contributed by atoms with Crippen molar-refractivity contribution in [1.82, 2.24) is 9.44 Å². The quantitative estimate of drug-likeness (QED) is 0.849. The van der Waals surface area contributed by atoms with Crippen LogP contribution in [0, 0.1) is 11.3 Å². The van der Waals surface area contributed by atoms with E-state index in [-0.39, 0.29) is 0 Å². The van der Waals surface area contributed by atoms with E-state index in [1.54, 1.807) is 55.0 Å². The summed E-state index contributed by atoms with van der Waals surface area (Å²) in [6.07, 6.45) is -1.55. The van der Waals surface area contributed by atoms with Gasteiger partial charge in [-0.15, -0.1) is 0 Å². The summed E-state index contributed by atoms with van der Waals surface area (Å²) in [7, 11) is -4.18. The molecule has 7 nitrogen and oxygen atoms in total. The first-order chi connectivity index (χ1) is 9.34. The van der Waals surface area contributed by atoms with E-state index in [9.17, 15) is 13.2 Å². The monoisotopic (exact) mass is 297 g/mol. The minimum absolute atomic E-state index is 0.453. The maximum absolute atomic E-state index is 11.7. The molecule has 1 aromatic carbocycles. The standard InChI is InChI=1S/C12H15N3O4S/c1-9(2)19-12(16)15-20(17,18)14-11(8-13)10-6-4-3-5-7-10/h3-7,9,11,14H,1-2H3,(H,15,16). The van der Waals surface area contributed by atoms with E-state index < -0.39 is 28.4 Å². The second-order valence-corrected chi connectivity index (χ2v) is 5.60. The number of hydrogen-bond acceptors (Lipinski definition) is 5. The van der Waals surface area contributed by atoms with Crippen LogP contribution in [0.2, 0.25) is 0 Å². The Hall–Kier alpha value is -2.11. The van der Waals surface area contributed by atoms with Crippen LogP contribution in [-0.4, -0.2) is 20.6 Å². The molecule has 0 aliphatic carbocycles. The molecule has 0 bridgehead atoms. The number of carbonyl (C=O) groups excluding carboxylic acids is 1. The lowest BCUT2D eigenvalue weighted by Gasteiger charge is -2.14. The highest BCUT2D eigenvalue weighted by Gasteiger charge is 2.22. The smallest absolute Gasteiger partial charge is 0.422 e. The zero-order valence-electron chi connectivity index (χ0n) is 11.0. The van der Waals surface area contributed by atoms with Crippen molar-refractivity contribution < 1.29 is 17.9 Å². The first-order valence-corrected chi connectivity index (χ1v) is 7.27. The van der Waals surface area contributed by atoms with Gasteiger partial charge in [-0.05, 0) is 19.4 Å². The van der Waals surface area contributed by atoms with E-state index in [1.807, 2.05) is 0 Å². The van der Waals surface area contributed by atoms with Crippen molar-refractivity contribution in [2.45, 2.75) is 26.0 Å². The molecule has 2 N–H and O–H groups in total. The lowest BCUT2D eigenvalue weighted by Crippen LogP contribution is -2.42. The summed E-state index contributed by atoms with van der Waals surface area (Å²) in [5, 5.41) is 9.00. The normalized spacial score (nSPS) is 12.5. The van der Waals surface area contributed by atoms with E-state index in [2.05, 4.69) is 9.46 Å². The van der Waals surface area contributed by atoms with Crippen molar-refractivity contribution in [3.8, 4) is 6.07 Å². The topological polar surface area (TPSA) is 108 Å². The van der Waals surface area contributed by atoms with Crippen molar-refractivity contribution in [3.05, 3.63) is 35.9 Å². The maximum atomic E-state index is 11.7. The fraction of sp³-hybridized carbons (Fsp3) is 0.333. The molecule has 0 fully saturated rings. The van der Waals surface area contributed by atoms with E-state index in [1.165, 1.54) is 0 Å². The Labute approximate surface area is 117 Å². The van der Waals surface area contributed by atoms with Crippen LogP contribution < -0.4 is 9.44 Å². The average molecular weight is 297 g/mol.